The summed E-state index contributed by atoms with van der Waals surface area (Å²) in [6.45, 7) is 3.57. The minimum absolute atomic E-state index is 0.163. The van der Waals surface area contributed by atoms with Gasteiger partial charge in [-0.15, -0.1) is 0 Å². The number of nitrogens with one attached hydrogen (secondary N) is 1. The zero-order valence-corrected chi connectivity index (χ0v) is 13.1. The van der Waals surface area contributed by atoms with Crippen molar-refractivity contribution in [2.75, 3.05) is 26.2 Å². The molecule has 4 heteroatoms. The number of benzene rings is 1. The van der Waals surface area contributed by atoms with Crippen molar-refractivity contribution in [2.45, 2.75) is 19.3 Å². The van der Waals surface area contributed by atoms with Crippen LogP contribution >= 0.6 is 0 Å². The summed E-state index contributed by atoms with van der Waals surface area (Å²) < 4.78 is 2.32. The molecule has 1 amide bonds. The van der Waals surface area contributed by atoms with E-state index in [1.165, 1.54) is 22.2 Å². The number of fused-ring (bicyclic) bond motifs is 3. The van der Waals surface area contributed by atoms with Gasteiger partial charge in [0.15, 0.2) is 0 Å². The van der Waals surface area contributed by atoms with E-state index in [1.807, 2.05) is 0 Å². The molecule has 2 aromatic rings. The van der Waals surface area contributed by atoms with Gasteiger partial charge in [0.25, 0.3) is 0 Å². The Labute approximate surface area is 131 Å². The number of nitrogens with zero attached hydrogens (tertiary/aromatic N) is 2. The highest BCUT2D eigenvalue weighted by molar-refractivity contribution is 5.87. The second-order valence-corrected chi connectivity index (χ2v) is 6.52. The van der Waals surface area contributed by atoms with E-state index in [0.717, 1.165) is 45.4 Å². The van der Waals surface area contributed by atoms with Crippen LogP contribution in [0.25, 0.3) is 10.9 Å². The zero-order valence-electron chi connectivity index (χ0n) is 13.1. The fourth-order valence-electron chi connectivity index (χ4n) is 4.08. The molecule has 1 aromatic carbocycles. The number of hydrogen-bond acceptors (Lipinski definition) is 2. The summed E-state index contributed by atoms with van der Waals surface area (Å²) in [5, 5.41) is 4.65. The molecule has 0 spiro atoms. The molecule has 2 aliphatic rings. The third kappa shape index (κ3) is 2.13. The van der Waals surface area contributed by atoms with E-state index in [0.29, 0.717) is 5.91 Å². The Morgan fingerprint density at radius 3 is 2.82 bits per heavy atom. The third-order valence-corrected chi connectivity index (χ3v) is 5.30. The van der Waals surface area contributed by atoms with Crippen LogP contribution in [0.4, 0.5) is 0 Å². The summed E-state index contributed by atoms with van der Waals surface area (Å²) in [5.41, 5.74) is 4.12. The van der Waals surface area contributed by atoms with Crippen LogP contribution in [0.15, 0.2) is 24.3 Å². The summed E-state index contributed by atoms with van der Waals surface area (Å²) in [6.07, 6.45) is 2.91. The molecule has 0 radical (unpaired) electrons. The van der Waals surface area contributed by atoms with Crippen molar-refractivity contribution >= 4 is 16.8 Å². The number of hydrogen-bond donors (Lipinski definition) is 1. The Hall–Kier alpha value is -1.81. The Morgan fingerprint density at radius 1 is 1.23 bits per heavy atom. The molecule has 0 bridgehead atoms. The van der Waals surface area contributed by atoms with Gasteiger partial charge < -0.3 is 14.8 Å². The molecular formula is C18H23N3O. The molecule has 4 rings (SSSR count). The van der Waals surface area contributed by atoms with Crippen LogP contribution in [-0.2, 0) is 24.7 Å². The van der Waals surface area contributed by atoms with Gasteiger partial charge in [-0.25, -0.2) is 0 Å². The highest BCUT2D eigenvalue weighted by atomic mass is 16.2. The van der Waals surface area contributed by atoms with E-state index >= 15 is 0 Å². The van der Waals surface area contributed by atoms with Crippen molar-refractivity contribution in [3.63, 3.8) is 0 Å². The van der Waals surface area contributed by atoms with Crippen LogP contribution in [0.1, 0.15) is 17.7 Å². The minimum Gasteiger partial charge on any atom is -0.347 e. The smallest absolute Gasteiger partial charge is 0.226 e. The predicted molar refractivity (Wildman–Crippen MR) is 87.9 cm³/mol. The van der Waals surface area contributed by atoms with Gasteiger partial charge in [-0.3, -0.25) is 4.79 Å². The molecule has 1 aliphatic carbocycles. The lowest BCUT2D eigenvalue weighted by Crippen LogP contribution is -2.49. The molecule has 1 fully saturated rings. The largest absolute Gasteiger partial charge is 0.347 e. The molecule has 1 aromatic heterocycles. The molecule has 1 aliphatic heterocycles. The van der Waals surface area contributed by atoms with E-state index in [4.69, 9.17) is 0 Å². The molecular weight excluding hydrogens is 274 g/mol. The van der Waals surface area contributed by atoms with Crippen LogP contribution in [0.3, 0.4) is 0 Å². The quantitative estimate of drug-likeness (QED) is 0.870. The Bertz CT molecular complexity index is 712. The molecule has 1 saturated heterocycles. The van der Waals surface area contributed by atoms with E-state index in [2.05, 4.69) is 46.1 Å². The summed E-state index contributed by atoms with van der Waals surface area (Å²) in [4.78, 5) is 14.9. The molecule has 22 heavy (non-hydrogen) atoms. The summed E-state index contributed by atoms with van der Waals surface area (Å²) in [5.74, 6) is 0.525. The van der Waals surface area contributed by atoms with Gasteiger partial charge in [0.1, 0.15) is 0 Å². The third-order valence-electron chi connectivity index (χ3n) is 5.30. The topological polar surface area (TPSA) is 37.3 Å². The monoisotopic (exact) mass is 297 g/mol. The number of rotatable bonds is 1. The van der Waals surface area contributed by atoms with Crippen LogP contribution in [0.2, 0.25) is 0 Å². The normalized spacial score (nSPS) is 21.9. The number of aryl methyl sites for hydroxylation is 1. The number of carbonyl (C=O) groups excluding carboxylic acids is 1. The summed E-state index contributed by atoms with van der Waals surface area (Å²) >= 11 is 0. The van der Waals surface area contributed by atoms with Gasteiger partial charge in [-0.05, 0) is 30.9 Å². The van der Waals surface area contributed by atoms with Gasteiger partial charge in [0.2, 0.25) is 5.91 Å². The van der Waals surface area contributed by atoms with E-state index < -0.39 is 0 Å². The number of aromatic nitrogens is 1. The van der Waals surface area contributed by atoms with E-state index in [9.17, 15) is 4.79 Å². The molecule has 1 atom stereocenters. The molecule has 0 saturated carbocycles. The Balaban J connectivity index is 1.63. The van der Waals surface area contributed by atoms with E-state index in [-0.39, 0.29) is 5.92 Å². The predicted octanol–water partition coefficient (Wildman–Crippen LogP) is 1.71. The second-order valence-electron chi connectivity index (χ2n) is 6.52. The van der Waals surface area contributed by atoms with Crippen molar-refractivity contribution in [1.29, 1.82) is 0 Å². The van der Waals surface area contributed by atoms with Crippen LogP contribution in [0.5, 0.6) is 0 Å². The number of carbonyl (C=O) groups is 1. The van der Waals surface area contributed by atoms with Crippen molar-refractivity contribution in [1.82, 2.24) is 14.8 Å². The fourth-order valence-corrected chi connectivity index (χ4v) is 4.08. The van der Waals surface area contributed by atoms with E-state index in [1.54, 1.807) is 0 Å². The molecule has 4 nitrogen and oxygen atoms in total. The standard InChI is InChI=1S/C18H23N3O/c1-20-16-5-3-2-4-14(16)15-12-13(6-7-17(15)20)18(22)21-10-8-19-9-11-21/h2-5,13,19H,6-12H2,1H3. The Morgan fingerprint density at radius 2 is 2.00 bits per heavy atom. The second kappa shape index (κ2) is 5.43. The zero-order chi connectivity index (χ0) is 15.1. The SMILES string of the molecule is Cn1c2c(c3ccccc31)CC(C(=O)N1CCNCC1)CC2. The summed E-state index contributed by atoms with van der Waals surface area (Å²) in [6, 6.07) is 8.58. The first-order valence-electron chi connectivity index (χ1n) is 8.30. The van der Waals surface area contributed by atoms with Crippen molar-refractivity contribution in [3.05, 3.63) is 35.5 Å². The lowest BCUT2D eigenvalue weighted by molar-refractivity contribution is -0.136. The van der Waals surface area contributed by atoms with Crippen LogP contribution in [0, 0.1) is 5.92 Å². The Kier molecular flexibility index (Phi) is 3.41. The first-order valence-corrected chi connectivity index (χ1v) is 8.30. The number of piperazine rings is 1. The molecule has 1 N–H and O–H groups in total. The maximum Gasteiger partial charge on any atom is 0.226 e. The van der Waals surface area contributed by atoms with Gasteiger partial charge in [-0.2, -0.15) is 0 Å². The highest BCUT2D eigenvalue weighted by Gasteiger charge is 2.31. The van der Waals surface area contributed by atoms with Crippen LogP contribution in [-0.4, -0.2) is 41.6 Å². The summed E-state index contributed by atoms with van der Waals surface area (Å²) in [7, 11) is 2.15. The number of amides is 1. The molecule has 1 unspecified atom stereocenters. The lowest BCUT2D eigenvalue weighted by Gasteiger charge is -2.32. The van der Waals surface area contributed by atoms with Crippen LogP contribution < -0.4 is 5.32 Å². The average molecular weight is 297 g/mol. The van der Waals surface area contributed by atoms with Crippen molar-refractivity contribution in [3.8, 4) is 0 Å². The van der Waals surface area contributed by atoms with Crippen molar-refractivity contribution in [2.24, 2.45) is 13.0 Å². The minimum atomic E-state index is 0.163. The molecule has 116 valence electrons. The first-order chi connectivity index (χ1) is 10.8. The van der Waals surface area contributed by atoms with Gasteiger partial charge in [0, 0.05) is 55.7 Å². The average Bonchev–Trinajstić information content (AvgIpc) is 2.88. The fraction of sp³-hybridized carbons (Fsp3) is 0.500. The maximum atomic E-state index is 12.8. The lowest BCUT2D eigenvalue weighted by atomic mass is 9.85. The highest BCUT2D eigenvalue weighted by Crippen LogP contribution is 2.34. The van der Waals surface area contributed by atoms with Gasteiger partial charge in [-0.1, -0.05) is 18.2 Å². The van der Waals surface area contributed by atoms with Crippen molar-refractivity contribution < 1.29 is 4.79 Å². The first kappa shape index (κ1) is 13.8. The number of para-hydroxylation sites is 1. The van der Waals surface area contributed by atoms with Gasteiger partial charge in [0.05, 0.1) is 0 Å². The maximum absolute atomic E-state index is 12.8. The van der Waals surface area contributed by atoms with Gasteiger partial charge >= 0.3 is 0 Å². The molecule has 2 heterocycles.